The first-order valence-electron chi connectivity index (χ1n) is 3.49. The average molecular weight is 168 g/mol. The van der Waals surface area contributed by atoms with Crippen LogP contribution in [0.1, 0.15) is 13.8 Å². The van der Waals surface area contributed by atoms with Gasteiger partial charge in [-0.05, 0) is 19.4 Å². The van der Waals surface area contributed by atoms with Crippen molar-refractivity contribution in [1.29, 1.82) is 5.26 Å². The van der Waals surface area contributed by atoms with Gasteiger partial charge in [-0.3, -0.25) is 0 Å². The van der Waals surface area contributed by atoms with Gasteiger partial charge < -0.3 is 10.5 Å². The summed E-state index contributed by atoms with van der Waals surface area (Å²) in [7, 11) is 1.23. The number of hydrogen-bond acceptors (Lipinski definition) is 4. The van der Waals surface area contributed by atoms with Crippen molar-refractivity contribution in [3.63, 3.8) is 0 Å². The van der Waals surface area contributed by atoms with E-state index in [0.717, 1.165) is 0 Å². The largest absolute Gasteiger partial charge is 0.465 e. The van der Waals surface area contributed by atoms with Gasteiger partial charge in [-0.15, -0.1) is 0 Å². The van der Waals surface area contributed by atoms with Gasteiger partial charge in [0.2, 0.25) is 0 Å². The summed E-state index contributed by atoms with van der Waals surface area (Å²) in [4.78, 5) is 10.9. The van der Waals surface area contributed by atoms with Crippen LogP contribution in [0.2, 0.25) is 0 Å². The van der Waals surface area contributed by atoms with Gasteiger partial charge in [0.15, 0.2) is 0 Å². The third kappa shape index (κ3) is 2.36. The molecule has 0 saturated carbocycles. The number of carbonyl (C=O) groups excluding carboxylic acids is 1. The van der Waals surface area contributed by atoms with Gasteiger partial charge in [0.1, 0.15) is 11.6 Å². The van der Waals surface area contributed by atoms with Crippen molar-refractivity contribution in [2.75, 3.05) is 7.11 Å². The summed E-state index contributed by atoms with van der Waals surface area (Å²) in [5, 5.41) is 8.58. The Kier molecular flexibility index (Phi) is 4.02. The van der Waals surface area contributed by atoms with Crippen LogP contribution in [0.3, 0.4) is 0 Å². The fourth-order valence-electron chi connectivity index (χ4n) is 0.625. The van der Waals surface area contributed by atoms with Crippen LogP contribution in [0.5, 0.6) is 0 Å². The SMILES string of the molecule is COC(=O)C(C#N)=C(C)C(C)N. The van der Waals surface area contributed by atoms with Gasteiger partial charge in [-0.1, -0.05) is 0 Å². The molecule has 66 valence electrons. The molecule has 0 aliphatic carbocycles. The van der Waals surface area contributed by atoms with E-state index in [9.17, 15) is 4.79 Å². The maximum absolute atomic E-state index is 10.9. The Morgan fingerprint density at radius 2 is 2.17 bits per heavy atom. The number of hydrogen-bond donors (Lipinski definition) is 1. The van der Waals surface area contributed by atoms with E-state index < -0.39 is 5.97 Å². The predicted molar refractivity (Wildman–Crippen MR) is 44.0 cm³/mol. The summed E-state index contributed by atoms with van der Waals surface area (Å²) in [5.41, 5.74) is 6.03. The second-order valence-electron chi connectivity index (χ2n) is 2.45. The van der Waals surface area contributed by atoms with Crippen LogP contribution in [0.4, 0.5) is 0 Å². The predicted octanol–water partition coefficient (Wildman–Crippen LogP) is 0.347. The minimum atomic E-state index is -0.632. The van der Waals surface area contributed by atoms with Crippen LogP contribution in [0, 0.1) is 11.3 Å². The van der Waals surface area contributed by atoms with Gasteiger partial charge in [-0.2, -0.15) is 5.26 Å². The maximum atomic E-state index is 10.9. The Balaban J connectivity index is 4.90. The Labute approximate surface area is 71.6 Å². The van der Waals surface area contributed by atoms with Crippen molar-refractivity contribution >= 4 is 5.97 Å². The number of ether oxygens (including phenoxy) is 1. The summed E-state index contributed by atoms with van der Waals surface area (Å²) < 4.78 is 4.40. The molecule has 0 amide bonds. The topological polar surface area (TPSA) is 76.1 Å². The Morgan fingerprint density at radius 3 is 2.42 bits per heavy atom. The van der Waals surface area contributed by atoms with Crippen LogP contribution >= 0.6 is 0 Å². The molecule has 0 spiro atoms. The highest BCUT2D eigenvalue weighted by Crippen LogP contribution is 2.07. The summed E-state index contributed by atoms with van der Waals surface area (Å²) in [6, 6.07) is 1.45. The lowest BCUT2D eigenvalue weighted by molar-refractivity contribution is -0.135. The van der Waals surface area contributed by atoms with Gasteiger partial charge in [-0.25, -0.2) is 4.79 Å². The van der Waals surface area contributed by atoms with E-state index in [1.54, 1.807) is 19.9 Å². The molecule has 2 N–H and O–H groups in total. The molecule has 0 bridgehead atoms. The minimum absolute atomic E-state index is 0.00694. The van der Waals surface area contributed by atoms with Crippen LogP contribution in [-0.4, -0.2) is 19.1 Å². The second-order valence-corrected chi connectivity index (χ2v) is 2.45. The molecule has 0 aromatic carbocycles. The number of methoxy groups -OCH3 is 1. The number of carbonyl (C=O) groups is 1. The first kappa shape index (κ1) is 10.7. The number of esters is 1. The molecule has 1 atom stereocenters. The molecule has 0 aromatic heterocycles. The number of nitrogens with two attached hydrogens (primary N) is 1. The standard InChI is InChI=1S/C8H12N2O2/c1-5(6(2)10)7(4-9)8(11)12-3/h6H,10H2,1-3H3. The zero-order valence-corrected chi connectivity index (χ0v) is 7.42. The van der Waals surface area contributed by atoms with Crippen molar-refractivity contribution in [2.24, 2.45) is 5.73 Å². The molecule has 0 saturated heterocycles. The number of nitriles is 1. The van der Waals surface area contributed by atoms with Gasteiger partial charge in [0.25, 0.3) is 0 Å². The highest BCUT2D eigenvalue weighted by atomic mass is 16.5. The quantitative estimate of drug-likeness (QED) is 0.366. The second kappa shape index (κ2) is 4.52. The lowest BCUT2D eigenvalue weighted by Gasteiger charge is -2.06. The van der Waals surface area contributed by atoms with Crippen molar-refractivity contribution in [3.8, 4) is 6.07 Å². The van der Waals surface area contributed by atoms with E-state index in [1.165, 1.54) is 7.11 Å². The molecule has 0 aliphatic rings. The number of rotatable bonds is 2. The van der Waals surface area contributed by atoms with Crippen molar-refractivity contribution in [3.05, 3.63) is 11.1 Å². The molecule has 4 nitrogen and oxygen atoms in total. The van der Waals surface area contributed by atoms with Gasteiger partial charge in [0.05, 0.1) is 7.11 Å². The monoisotopic (exact) mass is 168 g/mol. The Hall–Kier alpha value is -1.34. The van der Waals surface area contributed by atoms with Crippen LogP contribution in [-0.2, 0) is 9.53 Å². The molecule has 0 fully saturated rings. The van der Waals surface area contributed by atoms with E-state index in [4.69, 9.17) is 11.0 Å². The molecular formula is C8H12N2O2. The van der Waals surface area contributed by atoms with E-state index >= 15 is 0 Å². The van der Waals surface area contributed by atoms with Crippen LogP contribution in [0.15, 0.2) is 11.1 Å². The van der Waals surface area contributed by atoms with E-state index in [0.29, 0.717) is 5.57 Å². The van der Waals surface area contributed by atoms with E-state index in [2.05, 4.69) is 4.74 Å². The van der Waals surface area contributed by atoms with Crippen LogP contribution in [0.25, 0.3) is 0 Å². The highest BCUT2D eigenvalue weighted by molar-refractivity contribution is 5.93. The van der Waals surface area contributed by atoms with Gasteiger partial charge in [0, 0.05) is 6.04 Å². The van der Waals surface area contributed by atoms with Gasteiger partial charge >= 0.3 is 5.97 Å². The lowest BCUT2D eigenvalue weighted by atomic mass is 10.1. The maximum Gasteiger partial charge on any atom is 0.348 e. The van der Waals surface area contributed by atoms with Crippen LogP contribution < -0.4 is 5.73 Å². The minimum Gasteiger partial charge on any atom is -0.465 e. The Morgan fingerprint density at radius 1 is 1.67 bits per heavy atom. The fraction of sp³-hybridized carbons (Fsp3) is 0.500. The van der Waals surface area contributed by atoms with Crippen molar-refractivity contribution in [1.82, 2.24) is 0 Å². The molecule has 0 rings (SSSR count). The Bertz CT molecular complexity index is 248. The molecule has 0 aliphatic heterocycles. The molecule has 1 unspecified atom stereocenters. The summed E-state index contributed by atoms with van der Waals surface area (Å²) in [5.74, 6) is -0.632. The summed E-state index contributed by atoms with van der Waals surface area (Å²) >= 11 is 0. The van der Waals surface area contributed by atoms with Crippen molar-refractivity contribution in [2.45, 2.75) is 19.9 Å². The first-order valence-corrected chi connectivity index (χ1v) is 3.49. The van der Waals surface area contributed by atoms with Crippen molar-refractivity contribution < 1.29 is 9.53 Å². The average Bonchev–Trinajstić information content (AvgIpc) is 2.05. The molecular weight excluding hydrogens is 156 g/mol. The summed E-state index contributed by atoms with van der Waals surface area (Å²) in [6.45, 7) is 3.34. The first-order chi connectivity index (χ1) is 5.54. The number of nitrogens with zero attached hydrogens (tertiary/aromatic N) is 1. The molecule has 0 radical (unpaired) electrons. The third-order valence-electron chi connectivity index (χ3n) is 1.58. The molecule has 0 heterocycles. The molecule has 12 heavy (non-hydrogen) atoms. The highest BCUT2D eigenvalue weighted by Gasteiger charge is 2.14. The molecule has 4 heteroatoms. The normalized spacial score (nSPS) is 14.2. The van der Waals surface area contributed by atoms with E-state index in [1.807, 2.05) is 0 Å². The smallest absolute Gasteiger partial charge is 0.348 e. The van der Waals surface area contributed by atoms with E-state index in [-0.39, 0.29) is 11.6 Å². The zero-order valence-electron chi connectivity index (χ0n) is 7.42. The fourth-order valence-corrected chi connectivity index (χ4v) is 0.625. The third-order valence-corrected chi connectivity index (χ3v) is 1.58. The lowest BCUT2D eigenvalue weighted by Crippen LogP contribution is -2.20. The zero-order chi connectivity index (χ0) is 9.72. The summed E-state index contributed by atoms with van der Waals surface area (Å²) in [6.07, 6.45) is 0. The molecule has 0 aromatic rings.